The summed E-state index contributed by atoms with van der Waals surface area (Å²) in [6, 6.07) is 14.9. The Kier molecular flexibility index (Phi) is 7.43. The second-order valence-corrected chi connectivity index (χ2v) is 8.48. The molecule has 0 heterocycles. The Balaban J connectivity index is 2.17. The van der Waals surface area contributed by atoms with Gasteiger partial charge in [-0.2, -0.15) is 0 Å². The first-order chi connectivity index (χ1) is 13.6. The van der Waals surface area contributed by atoms with Gasteiger partial charge in [0, 0.05) is 12.1 Å². The van der Waals surface area contributed by atoms with Crippen molar-refractivity contribution >= 4 is 11.8 Å². The largest absolute Gasteiger partial charge is 0.483 e. The minimum absolute atomic E-state index is 0.121. The van der Waals surface area contributed by atoms with Crippen molar-refractivity contribution in [2.24, 2.45) is 0 Å². The van der Waals surface area contributed by atoms with Crippen LogP contribution in [0.25, 0.3) is 0 Å². The lowest BCUT2D eigenvalue weighted by Gasteiger charge is -2.31. The molecule has 29 heavy (non-hydrogen) atoms. The molecule has 0 spiro atoms. The molecule has 0 bridgehead atoms. The predicted octanol–water partition coefficient (Wildman–Crippen LogP) is 4.01. The maximum absolute atomic E-state index is 13.0. The Labute approximate surface area is 174 Å². The molecule has 2 aromatic rings. The lowest BCUT2D eigenvalue weighted by atomic mass is 10.1. The molecule has 0 fully saturated rings. The summed E-state index contributed by atoms with van der Waals surface area (Å²) in [6.45, 7) is 11.7. The lowest BCUT2D eigenvalue weighted by Crippen LogP contribution is -2.53. The molecule has 0 aliphatic rings. The minimum Gasteiger partial charge on any atom is -0.483 e. The topological polar surface area (TPSA) is 58.6 Å². The zero-order chi connectivity index (χ0) is 21.6. The fourth-order valence-corrected chi connectivity index (χ4v) is 2.92. The Hall–Kier alpha value is -2.82. The van der Waals surface area contributed by atoms with Gasteiger partial charge in [0.1, 0.15) is 11.8 Å². The van der Waals surface area contributed by atoms with E-state index in [1.165, 1.54) is 0 Å². The molecule has 1 N–H and O–H groups in total. The van der Waals surface area contributed by atoms with Crippen LogP contribution in [0.4, 0.5) is 0 Å². The van der Waals surface area contributed by atoms with Crippen LogP contribution in [0.2, 0.25) is 0 Å². The lowest BCUT2D eigenvalue weighted by molar-refractivity contribution is -0.142. The highest BCUT2D eigenvalue weighted by atomic mass is 16.5. The van der Waals surface area contributed by atoms with E-state index < -0.39 is 6.04 Å². The van der Waals surface area contributed by atoms with Gasteiger partial charge in [-0.05, 0) is 64.3 Å². The van der Waals surface area contributed by atoms with E-state index in [9.17, 15) is 9.59 Å². The number of carbonyl (C=O) groups excluding carboxylic acids is 2. The number of nitrogens with zero attached hydrogens (tertiary/aromatic N) is 1. The number of aryl methyl sites for hydroxylation is 2. The third-order valence-corrected chi connectivity index (χ3v) is 4.56. The molecule has 5 nitrogen and oxygen atoms in total. The number of benzene rings is 2. The normalized spacial score (nSPS) is 12.2. The summed E-state index contributed by atoms with van der Waals surface area (Å²) < 4.78 is 5.81. The van der Waals surface area contributed by atoms with Crippen LogP contribution >= 0.6 is 0 Å². The van der Waals surface area contributed by atoms with E-state index in [-0.39, 0.29) is 24.0 Å². The van der Waals surface area contributed by atoms with E-state index in [2.05, 4.69) is 5.32 Å². The predicted molar refractivity (Wildman–Crippen MR) is 116 cm³/mol. The van der Waals surface area contributed by atoms with E-state index in [1.807, 2.05) is 83.1 Å². The van der Waals surface area contributed by atoms with E-state index >= 15 is 0 Å². The van der Waals surface area contributed by atoms with Gasteiger partial charge in [0.25, 0.3) is 5.91 Å². The van der Waals surface area contributed by atoms with Gasteiger partial charge in [-0.15, -0.1) is 0 Å². The Morgan fingerprint density at radius 1 is 1.07 bits per heavy atom. The van der Waals surface area contributed by atoms with Crippen LogP contribution in [0.1, 0.15) is 44.4 Å². The summed E-state index contributed by atoms with van der Waals surface area (Å²) in [5, 5.41) is 2.96. The van der Waals surface area contributed by atoms with Crippen LogP contribution in [0.5, 0.6) is 5.75 Å². The standard InChI is InChI=1S/C24H32N2O3/c1-17-12-13-18(2)21(14-17)29-16-22(27)26(15-20-10-8-7-9-11-20)19(3)23(28)25-24(4,5)6/h7-14,19H,15-16H2,1-6H3,(H,25,28)/t19-/m0/s1. The first kappa shape index (κ1) is 22.5. The minimum atomic E-state index is -0.621. The fraction of sp³-hybridized carbons (Fsp3) is 0.417. The SMILES string of the molecule is Cc1ccc(C)c(OCC(=O)N(Cc2ccccc2)[C@@H](C)C(=O)NC(C)(C)C)c1. The molecule has 2 rings (SSSR count). The molecule has 156 valence electrons. The molecular formula is C24H32N2O3. The second kappa shape index (κ2) is 9.59. The van der Waals surface area contributed by atoms with Crippen molar-refractivity contribution in [3.63, 3.8) is 0 Å². The number of hydrogen-bond donors (Lipinski definition) is 1. The van der Waals surface area contributed by atoms with Gasteiger partial charge in [-0.1, -0.05) is 42.5 Å². The number of ether oxygens (including phenoxy) is 1. The molecule has 0 saturated heterocycles. The average molecular weight is 397 g/mol. The molecule has 5 heteroatoms. The molecule has 2 amide bonds. The summed E-state index contributed by atoms with van der Waals surface area (Å²) in [5.41, 5.74) is 2.62. The van der Waals surface area contributed by atoms with Crippen molar-refractivity contribution in [1.82, 2.24) is 10.2 Å². The van der Waals surface area contributed by atoms with Crippen LogP contribution in [0.15, 0.2) is 48.5 Å². The van der Waals surface area contributed by atoms with Crippen molar-refractivity contribution in [3.05, 3.63) is 65.2 Å². The van der Waals surface area contributed by atoms with Gasteiger partial charge in [0.2, 0.25) is 5.91 Å². The van der Waals surface area contributed by atoms with Crippen LogP contribution in [-0.4, -0.2) is 34.9 Å². The zero-order valence-electron chi connectivity index (χ0n) is 18.3. The summed E-state index contributed by atoms with van der Waals surface area (Å²) in [4.78, 5) is 27.3. The Bertz CT molecular complexity index is 841. The van der Waals surface area contributed by atoms with E-state index in [0.29, 0.717) is 12.3 Å². The van der Waals surface area contributed by atoms with Gasteiger partial charge >= 0.3 is 0 Å². The molecule has 0 aliphatic heterocycles. The smallest absolute Gasteiger partial charge is 0.261 e. The third kappa shape index (κ3) is 6.93. The van der Waals surface area contributed by atoms with Crippen LogP contribution in [-0.2, 0) is 16.1 Å². The monoisotopic (exact) mass is 396 g/mol. The van der Waals surface area contributed by atoms with Gasteiger partial charge < -0.3 is 15.0 Å². The molecule has 0 aromatic heterocycles. The van der Waals surface area contributed by atoms with E-state index in [4.69, 9.17) is 4.74 Å². The summed E-state index contributed by atoms with van der Waals surface area (Å²) >= 11 is 0. The van der Waals surface area contributed by atoms with Gasteiger partial charge in [-0.3, -0.25) is 9.59 Å². The van der Waals surface area contributed by atoms with E-state index in [0.717, 1.165) is 16.7 Å². The van der Waals surface area contributed by atoms with Crippen molar-refractivity contribution < 1.29 is 14.3 Å². The van der Waals surface area contributed by atoms with Gasteiger partial charge in [0.05, 0.1) is 0 Å². The number of rotatable bonds is 7. The van der Waals surface area contributed by atoms with Crippen LogP contribution in [0.3, 0.4) is 0 Å². The fourth-order valence-electron chi connectivity index (χ4n) is 2.92. The summed E-state index contributed by atoms with van der Waals surface area (Å²) in [5.74, 6) is 0.268. The molecule has 0 saturated carbocycles. The average Bonchev–Trinajstić information content (AvgIpc) is 2.65. The number of nitrogens with one attached hydrogen (secondary N) is 1. The van der Waals surface area contributed by atoms with Crippen molar-refractivity contribution in [3.8, 4) is 5.75 Å². The number of carbonyl (C=O) groups is 2. The highest BCUT2D eigenvalue weighted by Gasteiger charge is 2.28. The summed E-state index contributed by atoms with van der Waals surface area (Å²) in [7, 11) is 0. The number of hydrogen-bond acceptors (Lipinski definition) is 3. The molecule has 0 unspecified atom stereocenters. The molecule has 0 aliphatic carbocycles. The van der Waals surface area contributed by atoms with Gasteiger partial charge in [-0.25, -0.2) is 0 Å². The number of amides is 2. The Morgan fingerprint density at radius 2 is 1.72 bits per heavy atom. The third-order valence-electron chi connectivity index (χ3n) is 4.56. The summed E-state index contributed by atoms with van der Waals surface area (Å²) in [6.07, 6.45) is 0. The van der Waals surface area contributed by atoms with Crippen molar-refractivity contribution in [2.75, 3.05) is 6.61 Å². The quantitative estimate of drug-likeness (QED) is 0.769. The van der Waals surface area contributed by atoms with Gasteiger partial charge in [0.15, 0.2) is 6.61 Å². The van der Waals surface area contributed by atoms with Crippen molar-refractivity contribution in [2.45, 2.75) is 59.7 Å². The first-order valence-corrected chi connectivity index (χ1v) is 9.92. The second-order valence-electron chi connectivity index (χ2n) is 8.48. The van der Waals surface area contributed by atoms with E-state index in [1.54, 1.807) is 11.8 Å². The Morgan fingerprint density at radius 3 is 2.34 bits per heavy atom. The van der Waals surface area contributed by atoms with Crippen LogP contribution < -0.4 is 10.1 Å². The molecule has 1 atom stereocenters. The first-order valence-electron chi connectivity index (χ1n) is 9.92. The van der Waals surface area contributed by atoms with Crippen LogP contribution in [0, 0.1) is 13.8 Å². The maximum Gasteiger partial charge on any atom is 0.261 e. The molecule has 2 aromatic carbocycles. The zero-order valence-corrected chi connectivity index (χ0v) is 18.3. The highest BCUT2D eigenvalue weighted by Crippen LogP contribution is 2.19. The molecule has 0 radical (unpaired) electrons. The highest BCUT2D eigenvalue weighted by molar-refractivity contribution is 5.88. The molecular weight excluding hydrogens is 364 g/mol. The maximum atomic E-state index is 13.0. The van der Waals surface area contributed by atoms with Crippen molar-refractivity contribution in [1.29, 1.82) is 0 Å².